The largest absolute Gasteiger partial charge is 0.300 e. The van der Waals surface area contributed by atoms with Gasteiger partial charge in [-0.3, -0.25) is 15.0 Å². The Bertz CT molecular complexity index is 335. The number of nitro groups is 1. The monoisotopic (exact) mass is 222 g/mol. The van der Waals surface area contributed by atoms with E-state index >= 15 is 0 Å². The fourth-order valence-corrected chi connectivity index (χ4v) is 0.919. The normalized spacial score (nSPS) is 9.29. The van der Waals surface area contributed by atoms with E-state index in [-0.39, 0.29) is 30.3 Å². The van der Waals surface area contributed by atoms with Crippen LogP contribution in [0.5, 0.6) is 0 Å². The second-order valence-electron chi connectivity index (χ2n) is 2.34. The molecule has 14 heavy (non-hydrogen) atoms. The summed E-state index contributed by atoms with van der Waals surface area (Å²) < 4.78 is 12.6. The first-order chi connectivity index (χ1) is 6.15. The van der Waals surface area contributed by atoms with Gasteiger partial charge in [0.1, 0.15) is 5.82 Å². The summed E-state index contributed by atoms with van der Waals surface area (Å²) in [6.45, 7) is -0.114. The van der Waals surface area contributed by atoms with Crippen molar-refractivity contribution in [3.05, 3.63) is 39.7 Å². The topological polar surface area (TPSA) is 78.4 Å². The lowest BCUT2D eigenvalue weighted by Gasteiger charge is -2.00. The molecule has 1 rings (SSSR count). The molecule has 0 fully saturated rings. The number of rotatable bonds is 3. The Morgan fingerprint density at radius 3 is 2.71 bits per heavy atom. The highest BCUT2D eigenvalue weighted by Gasteiger charge is 2.14. The van der Waals surface area contributed by atoms with E-state index in [1.807, 2.05) is 0 Å². The minimum Gasteiger partial charge on any atom is -0.300 e. The quantitative estimate of drug-likeness (QED) is 0.622. The van der Waals surface area contributed by atoms with Gasteiger partial charge in [-0.05, 0) is 12.1 Å². The average Bonchev–Trinajstić information content (AvgIpc) is 2.08. The molecule has 0 aliphatic heterocycles. The van der Waals surface area contributed by atoms with E-state index in [1.54, 1.807) is 0 Å². The smallest absolute Gasteiger partial charge is 0.277 e. The van der Waals surface area contributed by atoms with E-state index in [2.05, 4.69) is 4.84 Å². The lowest BCUT2D eigenvalue weighted by molar-refractivity contribution is -0.386. The van der Waals surface area contributed by atoms with Crippen molar-refractivity contribution in [3.8, 4) is 0 Å². The maximum Gasteiger partial charge on any atom is 0.277 e. The van der Waals surface area contributed by atoms with E-state index in [9.17, 15) is 14.5 Å². The highest BCUT2D eigenvalue weighted by molar-refractivity contribution is 5.85. The molecule has 2 N–H and O–H groups in total. The molecule has 0 heterocycles. The Hall–Kier alpha value is -1.24. The van der Waals surface area contributed by atoms with Crippen molar-refractivity contribution in [1.29, 1.82) is 0 Å². The molecule has 0 aliphatic rings. The van der Waals surface area contributed by atoms with Gasteiger partial charge >= 0.3 is 0 Å². The van der Waals surface area contributed by atoms with Crippen molar-refractivity contribution in [2.75, 3.05) is 0 Å². The fraction of sp³-hybridized carbons (Fsp3) is 0.143. The third-order valence-corrected chi connectivity index (χ3v) is 1.48. The lowest BCUT2D eigenvalue weighted by Crippen LogP contribution is -2.02. The van der Waals surface area contributed by atoms with Crippen molar-refractivity contribution in [2.24, 2.45) is 5.90 Å². The van der Waals surface area contributed by atoms with Crippen LogP contribution < -0.4 is 5.90 Å². The average molecular weight is 223 g/mol. The SMILES string of the molecule is Cl.NOCc1ccc(F)cc1[N+](=O)[O-]. The van der Waals surface area contributed by atoms with E-state index in [4.69, 9.17) is 5.90 Å². The number of hydrogen-bond donors (Lipinski definition) is 1. The molecule has 0 aromatic heterocycles. The number of benzene rings is 1. The molecule has 0 unspecified atom stereocenters. The van der Waals surface area contributed by atoms with Crippen LogP contribution in [0.1, 0.15) is 5.56 Å². The molecule has 0 amide bonds. The van der Waals surface area contributed by atoms with Crippen LogP contribution in [0.3, 0.4) is 0 Å². The van der Waals surface area contributed by atoms with Crippen molar-refractivity contribution in [2.45, 2.75) is 6.61 Å². The highest BCUT2D eigenvalue weighted by atomic mass is 35.5. The first kappa shape index (κ1) is 12.8. The standard InChI is InChI=1S/C7H7FN2O3.ClH/c8-6-2-1-5(4-13-9)7(3-6)10(11)12;/h1-3H,4,9H2;1H. The van der Waals surface area contributed by atoms with Gasteiger partial charge < -0.3 is 0 Å². The predicted molar refractivity (Wildman–Crippen MR) is 49.3 cm³/mol. The second-order valence-corrected chi connectivity index (χ2v) is 2.34. The van der Waals surface area contributed by atoms with Crippen molar-refractivity contribution in [3.63, 3.8) is 0 Å². The van der Waals surface area contributed by atoms with Crippen LogP contribution in [-0.4, -0.2) is 4.92 Å². The van der Waals surface area contributed by atoms with Gasteiger partial charge in [0.2, 0.25) is 0 Å². The molecule has 0 saturated heterocycles. The summed E-state index contributed by atoms with van der Waals surface area (Å²) in [5.74, 6) is 4.09. The van der Waals surface area contributed by atoms with Gasteiger partial charge in [0, 0.05) is 0 Å². The molecule has 0 saturated carbocycles. The zero-order valence-corrected chi connectivity index (χ0v) is 7.79. The van der Waals surface area contributed by atoms with Gasteiger partial charge in [0.25, 0.3) is 5.69 Å². The predicted octanol–water partition coefficient (Wildman–Crippen LogP) is 1.55. The molecular formula is C7H8ClFN2O3. The molecule has 1 aromatic rings. The maximum atomic E-state index is 12.6. The minimum absolute atomic E-state index is 0. The van der Waals surface area contributed by atoms with Crippen molar-refractivity contribution < 1.29 is 14.2 Å². The molecule has 78 valence electrons. The summed E-state index contributed by atoms with van der Waals surface area (Å²) >= 11 is 0. The molecule has 0 radical (unpaired) electrons. The van der Waals surface area contributed by atoms with E-state index in [0.717, 1.165) is 12.1 Å². The van der Waals surface area contributed by atoms with Crippen molar-refractivity contribution in [1.82, 2.24) is 0 Å². The summed E-state index contributed by atoms with van der Waals surface area (Å²) in [5.41, 5.74) is -0.0839. The van der Waals surface area contributed by atoms with E-state index < -0.39 is 10.7 Å². The zero-order valence-electron chi connectivity index (χ0n) is 6.97. The number of halogens is 2. The molecule has 0 bridgehead atoms. The molecule has 1 aromatic carbocycles. The summed E-state index contributed by atoms with van der Waals surface area (Å²) in [5, 5.41) is 10.4. The Labute approximate surface area is 85.2 Å². The van der Waals surface area contributed by atoms with Crippen LogP contribution in [0.25, 0.3) is 0 Å². The maximum absolute atomic E-state index is 12.6. The third kappa shape index (κ3) is 2.91. The van der Waals surface area contributed by atoms with Gasteiger partial charge in [-0.1, -0.05) is 0 Å². The van der Waals surface area contributed by atoms with Gasteiger partial charge in [0.05, 0.1) is 23.2 Å². The highest BCUT2D eigenvalue weighted by Crippen LogP contribution is 2.19. The molecule has 0 atom stereocenters. The molecule has 5 nitrogen and oxygen atoms in total. The van der Waals surface area contributed by atoms with Crippen LogP contribution in [-0.2, 0) is 11.4 Å². The molecule has 0 aliphatic carbocycles. The molecule has 0 spiro atoms. The second kappa shape index (κ2) is 5.48. The first-order valence-electron chi connectivity index (χ1n) is 3.39. The number of nitrogens with two attached hydrogens (primary N) is 1. The Morgan fingerprint density at radius 1 is 1.57 bits per heavy atom. The van der Waals surface area contributed by atoms with Crippen LogP contribution in [0.15, 0.2) is 18.2 Å². The third-order valence-electron chi connectivity index (χ3n) is 1.48. The Morgan fingerprint density at radius 2 is 2.21 bits per heavy atom. The van der Waals surface area contributed by atoms with Crippen molar-refractivity contribution >= 4 is 18.1 Å². The minimum atomic E-state index is -0.683. The van der Waals surface area contributed by atoms with E-state index in [1.165, 1.54) is 6.07 Å². The number of nitro benzene ring substituents is 1. The lowest BCUT2D eigenvalue weighted by atomic mass is 10.2. The summed E-state index contributed by atoms with van der Waals surface area (Å²) in [6.07, 6.45) is 0. The van der Waals surface area contributed by atoms with Crippen LogP contribution in [0.2, 0.25) is 0 Å². The Balaban J connectivity index is 0.00000169. The summed E-state index contributed by atoms with van der Waals surface area (Å²) in [6, 6.07) is 3.20. The zero-order chi connectivity index (χ0) is 9.84. The van der Waals surface area contributed by atoms with Crippen LogP contribution in [0, 0.1) is 15.9 Å². The number of nitrogens with zero attached hydrogens (tertiary/aromatic N) is 1. The molecule has 7 heteroatoms. The van der Waals surface area contributed by atoms with Gasteiger partial charge in [-0.25, -0.2) is 10.3 Å². The first-order valence-corrected chi connectivity index (χ1v) is 3.39. The number of hydrogen-bond acceptors (Lipinski definition) is 4. The summed E-state index contributed by atoms with van der Waals surface area (Å²) in [4.78, 5) is 13.9. The molecular weight excluding hydrogens is 215 g/mol. The van der Waals surface area contributed by atoms with E-state index in [0.29, 0.717) is 0 Å². The van der Waals surface area contributed by atoms with Gasteiger partial charge in [-0.15, -0.1) is 12.4 Å². The van der Waals surface area contributed by atoms with Gasteiger partial charge in [-0.2, -0.15) is 0 Å². The Kier molecular flexibility index (Phi) is 5.00. The summed E-state index contributed by atoms with van der Waals surface area (Å²) in [7, 11) is 0. The van der Waals surface area contributed by atoms with Gasteiger partial charge in [0.15, 0.2) is 0 Å². The van der Waals surface area contributed by atoms with Crippen LogP contribution in [0.4, 0.5) is 10.1 Å². The van der Waals surface area contributed by atoms with Crippen LogP contribution >= 0.6 is 12.4 Å². The fourth-order valence-electron chi connectivity index (χ4n) is 0.919.